The van der Waals surface area contributed by atoms with E-state index >= 15 is 0 Å². The Balaban J connectivity index is 1.73. The van der Waals surface area contributed by atoms with Crippen LogP contribution < -0.4 is 0 Å². The Morgan fingerprint density at radius 3 is 3.00 bits per heavy atom. The summed E-state index contributed by atoms with van der Waals surface area (Å²) in [6.45, 7) is 1.41. The molecule has 0 radical (unpaired) electrons. The fraction of sp³-hybridized carbons (Fsp3) is 0.333. The number of nitriles is 1. The van der Waals surface area contributed by atoms with E-state index in [1.54, 1.807) is 24.5 Å². The first-order valence-electron chi connectivity index (χ1n) is 6.92. The highest BCUT2D eigenvalue weighted by molar-refractivity contribution is 5.94. The third-order valence-corrected chi connectivity index (χ3v) is 3.74. The molecule has 2 aromatic rings. The van der Waals surface area contributed by atoms with E-state index in [0.29, 0.717) is 17.8 Å². The Morgan fingerprint density at radius 2 is 2.33 bits per heavy atom. The first-order valence-corrected chi connectivity index (χ1v) is 6.92. The fourth-order valence-corrected chi connectivity index (χ4v) is 2.65. The summed E-state index contributed by atoms with van der Waals surface area (Å²) in [5, 5.41) is 8.74. The van der Waals surface area contributed by atoms with Gasteiger partial charge in [0.15, 0.2) is 0 Å². The first kappa shape index (κ1) is 13.3. The molecule has 1 amide bonds. The third-order valence-electron chi connectivity index (χ3n) is 3.74. The van der Waals surface area contributed by atoms with Crippen LogP contribution in [0.2, 0.25) is 0 Å². The average Bonchev–Trinajstić information content (AvgIpc) is 3.09. The number of hydrogen-bond acceptors (Lipinski definition) is 4. The molecule has 1 aliphatic heterocycles. The van der Waals surface area contributed by atoms with Gasteiger partial charge in [0, 0.05) is 37.6 Å². The maximum atomic E-state index is 12.5. The van der Waals surface area contributed by atoms with E-state index in [-0.39, 0.29) is 11.8 Å². The number of rotatable bonds is 2. The molecule has 0 saturated carbocycles. The molecule has 0 aliphatic carbocycles. The third kappa shape index (κ3) is 2.77. The first-order chi connectivity index (χ1) is 10.3. The van der Waals surface area contributed by atoms with Gasteiger partial charge in [0.25, 0.3) is 5.91 Å². The SMILES string of the molecule is N#Cc1ccc(C(=O)N2CCC[C@H](c3ncc[nH]3)C2)cn1. The molecular formula is C15H15N5O. The molecule has 1 aliphatic rings. The normalized spacial score (nSPS) is 18.2. The van der Waals surface area contributed by atoms with Crippen molar-refractivity contribution in [2.45, 2.75) is 18.8 Å². The zero-order valence-corrected chi connectivity index (χ0v) is 11.5. The van der Waals surface area contributed by atoms with E-state index < -0.39 is 0 Å². The van der Waals surface area contributed by atoms with Gasteiger partial charge in [-0.3, -0.25) is 4.79 Å². The second-order valence-electron chi connectivity index (χ2n) is 5.11. The topological polar surface area (TPSA) is 85.7 Å². The van der Waals surface area contributed by atoms with Gasteiger partial charge in [-0.2, -0.15) is 5.26 Å². The highest BCUT2D eigenvalue weighted by atomic mass is 16.2. The number of carbonyl (C=O) groups excluding carboxylic acids is 1. The number of piperidine rings is 1. The van der Waals surface area contributed by atoms with Crippen molar-refractivity contribution in [1.29, 1.82) is 5.26 Å². The van der Waals surface area contributed by atoms with Gasteiger partial charge in [-0.15, -0.1) is 0 Å². The van der Waals surface area contributed by atoms with E-state index in [2.05, 4.69) is 15.0 Å². The Hall–Kier alpha value is -2.68. The van der Waals surface area contributed by atoms with Crippen LogP contribution in [0.25, 0.3) is 0 Å². The maximum Gasteiger partial charge on any atom is 0.255 e. The Labute approximate surface area is 122 Å². The van der Waals surface area contributed by atoms with Crippen LogP contribution in [0.3, 0.4) is 0 Å². The van der Waals surface area contributed by atoms with Gasteiger partial charge >= 0.3 is 0 Å². The van der Waals surface area contributed by atoms with Crippen LogP contribution in [0, 0.1) is 11.3 Å². The second-order valence-corrected chi connectivity index (χ2v) is 5.11. The van der Waals surface area contributed by atoms with E-state index in [0.717, 1.165) is 25.2 Å². The van der Waals surface area contributed by atoms with Crippen molar-refractivity contribution < 1.29 is 4.79 Å². The molecule has 0 spiro atoms. The fourth-order valence-electron chi connectivity index (χ4n) is 2.65. The lowest BCUT2D eigenvalue weighted by molar-refractivity contribution is 0.0704. The molecule has 0 bridgehead atoms. The zero-order chi connectivity index (χ0) is 14.7. The van der Waals surface area contributed by atoms with Crippen LogP contribution in [-0.2, 0) is 0 Å². The summed E-state index contributed by atoms with van der Waals surface area (Å²) in [6, 6.07) is 5.18. The molecule has 1 atom stereocenters. The predicted octanol–water partition coefficient (Wildman–Crippen LogP) is 1.70. The summed E-state index contributed by atoms with van der Waals surface area (Å²) in [5.74, 6) is 1.15. The zero-order valence-electron chi connectivity index (χ0n) is 11.5. The molecule has 0 aromatic carbocycles. The standard InChI is InChI=1S/C15H15N5O/c16-8-13-4-3-11(9-19-13)15(21)20-7-1-2-12(10-20)14-17-5-6-18-14/h3-6,9,12H,1-2,7,10H2,(H,17,18)/t12-/m0/s1. The Morgan fingerprint density at radius 1 is 1.43 bits per heavy atom. The van der Waals surface area contributed by atoms with Crippen molar-refractivity contribution in [2.24, 2.45) is 0 Å². The number of imidazole rings is 1. The number of hydrogen-bond donors (Lipinski definition) is 1. The van der Waals surface area contributed by atoms with Gasteiger partial charge in [0.05, 0.1) is 5.56 Å². The van der Waals surface area contributed by atoms with Crippen LogP contribution in [-0.4, -0.2) is 38.8 Å². The van der Waals surface area contributed by atoms with Crippen molar-refractivity contribution in [1.82, 2.24) is 19.9 Å². The minimum Gasteiger partial charge on any atom is -0.348 e. The largest absolute Gasteiger partial charge is 0.348 e. The number of aromatic nitrogens is 3. The summed E-state index contributed by atoms with van der Waals surface area (Å²) < 4.78 is 0. The number of likely N-dealkylation sites (tertiary alicyclic amines) is 1. The summed E-state index contributed by atoms with van der Waals surface area (Å²) in [5.41, 5.74) is 0.841. The second kappa shape index (κ2) is 5.75. The van der Waals surface area contributed by atoms with Gasteiger partial charge in [-0.1, -0.05) is 0 Å². The van der Waals surface area contributed by atoms with Gasteiger partial charge in [-0.25, -0.2) is 9.97 Å². The lowest BCUT2D eigenvalue weighted by Gasteiger charge is -2.31. The van der Waals surface area contributed by atoms with E-state index in [1.807, 2.05) is 11.0 Å². The predicted molar refractivity (Wildman–Crippen MR) is 75.4 cm³/mol. The molecule has 3 rings (SSSR count). The molecule has 1 fully saturated rings. The summed E-state index contributed by atoms with van der Waals surface area (Å²) >= 11 is 0. The number of carbonyl (C=O) groups is 1. The van der Waals surface area contributed by atoms with Crippen molar-refractivity contribution in [2.75, 3.05) is 13.1 Å². The molecule has 1 saturated heterocycles. The molecule has 106 valence electrons. The maximum absolute atomic E-state index is 12.5. The number of aromatic amines is 1. The summed E-state index contributed by atoms with van der Waals surface area (Å²) in [4.78, 5) is 25.7. The van der Waals surface area contributed by atoms with Gasteiger partial charge in [-0.05, 0) is 25.0 Å². The molecule has 0 unspecified atom stereocenters. The molecule has 6 nitrogen and oxygen atoms in total. The number of pyridine rings is 1. The van der Waals surface area contributed by atoms with E-state index in [9.17, 15) is 4.79 Å². The molecular weight excluding hydrogens is 266 g/mol. The van der Waals surface area contributed by atoms with Crippen molar-refractivity contribution in [3.8, 4) is 6.07 Å². The molecule has 2 aromatic heterocycles. The monoisotopic (exact) mass is 281 g/mol. The summed E-state index contributed by atoms with van der Waals surface area (Å²) in [7, 11) is 0. The molecule has 1 N–H and O–H groups in total. The highest BCUT2D eigenvalue weighted by Crippen LogP contribution is 2.25. The van der Waals surface area contributed by atoms with E-state index in [4.69, 9.17) is 5.26 Å². The van der Waals surface area contributed by atoms with Crippen LogP contribution in [0.1, 0.15) is 40.6 Å². The summed E-state index contributed by atoms with van der Waals surface area (Å²) in [6.07, 6.45) is 7.00. The van der Waals surface area contributed by atoms with Crippen molar-refractivity contribution in [3.05, 3.63) is 47.8 Å². The van der Waals surface area contributed by atoms with Crippen LogP contribution in [0.5, 0.6) is 0 Å². The minimum absolute atomic E-state index is 0.0387. The van der Waals surface area contributed by atoms with Crippen LogP contribution in [0.15, 0.2) is 30.7 Å². The van der Waals surface area contributed by atoms with Gasteiger partial charge < -0.3 is 9.88 Å². The number of amides is 1. The van der Waals surface area contributed by atoms with Crippen molar-refractivity contribution >= 4 is 5.91 Å². The Kier molecular flexibility index (Phi) is 3.65. The Bertz CT molecular complexity index is 656. The van der Waals surface area contributed by atoms with Crippen molar-refractivity contribution in [3.63, 3.8) is 0 Å². The molecule has 6 heteroatoms. The lowest BCUT2D eigenvalue weighted by Crippen LogP contribution is -2.39. The van der Waals surface area contributed by atoms with Gasteiger partial charge in [0.1, 0.15) is 17.6 Å². The quantitative estimate of drug-likeness (QED) is 0.907. The number of nitrogens with zero attached hydrogens (tertiary/aromatic N) is 4. The molecule has 21 heavy (non-hydrogen) atoms. The molecule has 3 heterocycles. The average molecular weight is 281 g/mol. The highest BCUT2D eigenvalue weighted by Gasteiger charge is 2.26. The van der Waals surface area contributed by atoms with Gasteiger partial charge in [0.2, 0.25) is 0 Å². The van der Waals surface area contributed by atoms with Crippen LogP contribution in [0.4, 0.5) is 0 Å². The lowest BCUT2D eigenvalue weighted by atomic mass is 9.97. The minimum atomic E-state index is -0.0387. The number of nitrogens with one attached hydrogen (secondary N) is 1. The van der Waals surface area contributed by atoms with E-state index in [1.165, 1.54) is 6.20 Å². The smallest absolute Gasteiger partial charge is 0.255 e. The number of H-pyrrole nitrogens is 1. The van der Waals surface area contributed by atoms with Crippen LogP contribution >= 0.6 is 0 Å².